The lowest BCUT2D eigenvalue weighted by Gasteiger charge is -2.23. The van der Waals surface area contributed by atoms with Crippen LogP contribution in [0.5, 0.6) is 0 Å². The van der Waals surface area contributed by atoms with Crippen molar-refractivity contribution in [1.29, 1.82) is 0 Å². The van der Waals surface area contributed by atoms with Crippen molar-refractivity contribution in [3.8, 4) is 0 Å². The molecule has 0 radical (unpaired) electrons. The van der Waals surface area contributed by atoms with E-state index < -0.39 is 0 Å². The number of benzene rings is 2. The highest BCUT2D eigenvalue weighted by atomic mass is 19.1. The van der Waals surface area contributed by atoms with Crippen LogP contribution in [0.3, 0.4) is 0 Å². The van der Waals surface area contributed by atoms with Gasteiger partial charge in [-0.2, -0.15) is 0 Å². The Hall–Kier alpha value is -1.87. The third-order valence-corrected chi connectivity index (χ3v) is 3.53. The predicted octanol–water partition coefficient (Wildman–Crippen LogP) is 3.49. The minimum absolute atomic E-state index is 0.159. The molecule has 2 rings (SSSR count). The van der Waals surface area contributed by atoms with Gasteiger partial charge in [0.1, 0.15) is 5.82 Å². The summed E-state index contributed by atoms with van der Waals surface area (Å²) in [7, 11) is 3.83. The number of aryl methyl sites for hydroxylation is 1. The molecule has 0 amide bonds. The van der Waals surface area contributed by atoms with E-state index in [1.807, 2.05) is 32.3 Å². The van der Waals surface area contributed by atoms with Gasteiger partial charge >= 0.3 is 0 Å². The van der Waals surface area contributed by atoms with Gasteiger partial charge in [0, 0.05) is 31.4 Å². The van der Waals surface area contributed by atoms with Gasteiger partial charge in [0.15, 0.2) is 0 Å². The van der Waals surface area contributed by atoms with E-state index in [1.54, 1.807) is 6.07 Å². The van der Waals surface area contributed by atoms with Gasteiger partial charge in [-0.1, -0.05) is 30.3 Å². The minimum atomic E-state index is -0.159. The molecular formula is C17H21FN2. The van der Waals surface area contributed by atoms with E-state index in [1.165, 1.54) is 17.2 Å². The van der Waals surface area contributed by atoms with Crippen LogP contribution in [0.15, 0.2) is 42.5 Å². The Morgan fingerprint density at radius 3 is 2.55 bits per heavy atom. The molecule has 0 aliphatic heterocycles. The summed E-state index contributed by atoms with van der Waals surface area (Å²) in [4.78, 5) is 2.10. The maximum atomic E-state index is 13.9. The second-order valence-electron chi connectivity index (χ2n) is 5.05. The van der Waals surface area contributed by atoms with Crippen molar-refractivity contribution < 1.29 is 4.39 Å². The zero-order valence-electron chi connectivity index (χ0n) is 12.3. The Bertz CT molecular complexity index is 581. The first-order valence-electron chi connectivity index (χ1n) is 6.81. The van der Waals surface area contributed by atoms with E-state index in [4.69, 9.17) is 0 Å². The molecule has 1 N–H and O–H groups in total. The van der Waals surface area contributed by atoms with E-state index in [0.29, 0.717) is 12.1 Å². The Kier molecular flexibility index (Phi) is 4.74. The summed E-state index contributed by atoms with van der Waals surface area (Å²) in [6.45, 7) is 3.40. The summed E-state index contributed by atoms with van der Waals surface area (Å²) in [5.41, 5.74) is 4.16. The summed E-state index contributed by atoms with van der Waals surface area (Å²) >= 11 is 0. The molecule has 2 aromatic carbocycles. The number of rotatable bonds is 5. The van der Waals surface area contributed by atoms with E-state index in [2.05, 4.69) is 29.3 Å². The second kappa shape index (κ2) is 6.53. The SMILES string of the molecule is CNCc1c(F)cccc1N(C)Cc1ccccc1C. The van der Waals surface area contributed by atoms with E-state index in [9.17, 15) is 4.39 Å². The summed E-state index contributed by atoms with van der Waals surface area (Å²) in [5.74, 6) is -0.159. The molecule has 0 saturated carbocycles. The van der Waals surface area contributed by atoms with Gasteiger partial charge in [-0.3, -0.25) is 0 Å². The van der Waals surface area contributed by atoms with Crippen molar-refractivity contribution in [2.75, 3.05) is 19.0 Å². The summed E-state index contributed by atoms with van der Waals surface area (Å²) in [6, 6.07) is 13.5. The fraction of sp³-hybridized carbons (Fsp3) is 0.294. The normalized spacial score (nSPS) is 10.6. The molecule has 0 fully saturated rings. The number of hydrogen-bond acceptors (Lipinski definition) is 2. The first-order chi connectivity index (χ1) is 9.63. The zero-order chi connectivity index (χ0) is 14.5. The van der Waals surface area contributed by atoms with Crippen LogP contribution >= 0.6 is 0 Å². The third-order valence-electron chi connectivity index (χ3n) is 3.53. The Morgan fingerprint density at radius 1 is 1.10 bits per heavy atom. The molecule has 0 saturated heterocycles. The van der Waals surface area contributed by atoms with E-state index >= 15 is 0 Å². The molecule has 0 spiro atoms. The zero-order valence-corrected chi connectivity index (χ0v) is 12.3. The van der Waals surface area contributed by atoms with Gasteiger partial charge in [0.25, 0.3) is 0 Å². The largest absolute Gasteiger partial charge is 0.370 e. The van der Waals surface area contributed by atoms with Crippen LogP contribution < -0.4 is 10.2 Å². The van der Waals surface area contributed by atoms with Gasteiger partial charge in [-0.25, -0.2) is 4.39 Å². The molecule has 0 bridgehead atoms. The van der Waals surface area contributed by atoms with Gasteiger partial charge in [0.2, 0.25) is 0 Å². The predicted molar refractivity (Wildman–Crippen MR) is 82.4 cm³/mol. The highest BCUT2D eigenvalue weighted by molar-refractivity contribution is 5.54. The molecule has 3 heteroatoms. The van der Waals surface area contributed by atoms with Crippen molar-refractivity contribution in [1.82, 2.24) is 5.32 Å². The van der Waals surface area contributed by atoms with Crippen LogP contribution in [0.2, 0.25) is 0 Å². The molecule has 2 aromatic rings. The topological polar surface area (TPSA) is 15.3 Å². The monoisotopic (exact) mass is 272 g/mol. The van der Waals surface area contributed by atoms with Gasteiger partial charge in [-0.15, -0.1) is 0 Å². The molecule has 20 heavy (non-hydrogen) atoms. The lowest BCUT2D eigenvalue weighted by molar-refractivity contribution is 0.599. The summed E-state index contributed by atoms with van der Waals surface area (Å²) in [5, 5.41) is 3.03. The highest BCUT2D eigenvalue weighted by Gasteiger charge is 2.12. The van der Waals surface area contributed by atoms with Crippen molar-refractivity contribution in [2.24, 2.45) is 0 Å². The number of anilines is 1. The Morgan fingerprint density at radius 2 is 1.85 bits per heavy atom. The number of halogens is 1. The third kappa shape index (κ3) is 3.17. The van der Waals surface area contributed by atoms with Gasteiger partial charge in [0.05, 0.1) is 0 Å². The quantitative estimate of drug-likeness (QED) is 0.896. The molecule has 106 valence electrons. The van der Waals surface area contributed by atoms with Crippen LogP contribution in [0.1, 0.15) is 16.7 Å². The lowest BCUT2D eigenvalue weighted by atomic mass is 10.1. The van der Waals surface area contributed by atoms with Crippen LogP contribution in [-0.2, 0) is 13.1 Å². The average Bonchev–Trinajstić information content (AvgIpc) is 2.43. The van der Waals surface area contributed by atoms with Crippen LogP contribution in [0.25, 0.3) is 0 Å². The summed E-state index contributed by atoms with van der Waals surface area (Å²) in [6.07, 6.45) is 0. The Balaban J connectivity index is 2.27. The maximum absolute atomic E-state index is 13.9. The van der Waals surface area contributed by atoms with Crippen LogP contribution in [-0.4, -0.2) is 14.1 Å². The number of hydrogen-bond donors (Lipinski definition) is 1. The van der Waals surface area contributed by atoms with Crippen LogP contribution in [0.4, 0.5) is 10.1 Å². The van der Waals surface area contributed by atoms with Crippen molar-refractivity contribution >= 4 is 5.69 Å². The summed E-state index contributed by atoms with van der Waals surface area (Å²) < 4.78 is 13.9. The molecular weight excluding hydrogens is 251 g/mol. The number of nitrogens with one attached hydrogen (secondary N) is 1. The fourth-order valence-corrected chi connectivity index (χ4v) is 2.38. The first kappa shape index (κ1) is 14.5. The van der Waals surface area contributed by atoms with Crippen molar-refractivity contribution in [3.63, 3.8) is 0 Å². The highest BCUT2D eigenvalue weighted by Crippen LogP contribution is 2.24. The molecule has 0 aliphatic carbocycles. The van der Waals surface area contributed by atoms with Crippen molar-refractivity contribution in [3.05, 3.63) is 65.0 Å². The van der Waals surface area contributed by atoms with Gasteiger partial charge < -0.3 is 10.2 Å². The average molecular weight is 272 g/mol. The Labute approximate surface area is 120 Å². The molecule has 0 aliphatic rings. The maximum Gasteiger partial charge on any atom is 0.129 e. The standard InChI is InChI=1S/C17H21FN2/c1-13-7-4-5-8-14(13)12-20(3)17-10-6-9-16(18)15(17)11-19-2/h4-10,19H,11-12H2,1-3H3. The first-order valence-corrected chi connectivity index (χ1v) is 6.81. The number of nitrogens with zero attached hydrogens (tertiary/aromatic N) is 1. The molecule has 0 heterocycles. The van der Waals surface area contributed by atoms with Crippen LogP contribution in [0, 0.1) is 12.7 Å². The van der Waals surface area contributed by atoms with E-state index in [0.717, 1.165) is 12.2 Å². The molecule has 0 atom stereocenters. The van der Waals surface area contributed by atoms with Gasteiger partial charge in [-0.05, 0) is 37.2 Å². The lowest BCUT2D eigenvalue weighted by Crippen LogP contribution is -2.21. The second-order valence-corrected chi connectivity index (χ2v) is 5.05. The smallest absolute Gasteiger partial charge is 0.129 e. The van der Waals surface area contributed by atoms with E-state index in [-0.39, 0.29) is 5.82 Å². The molecule has 2 nitrogen and oxygen atoms in total. The molecule has 0 unspecified atom stereocenters. The van der Waals surface area contributed by atoms with Crippen molar-refractivity contribution in [2.45, 2.75) is 20.0 Å². The molecule has 0 aromatic heterocycles. The minimum Gasteiger partial charge on any atom is -0.370 e. The fourth-order valence-electron chi connectivity index (χ4n) is 2.38.